The van der Waals surface area contributed by atoms with Gasteiger partial charge in [-0.25, -0.2) is 4.79 Å². The van der Waals surface area contributed by atoms with Crippen LogP contribution >= 0.6 is 0 Å². The lowest BCUT2D eigenvalue weighted by atomic mass is 9.91. The van der Waals surface area contributed by atoms with Gasteiger partial charge in [0, 0.05) is 38.3 Å². The van der Waals surface area contributed by atoms with Crippen LogP contribution in [0.5, 0.6) is 11.5 Å². The van der Waals surface area contributed by atoms with Crippen LogP contribution in [0.1, 0.15) is 25.7 Å². The molecule has 2 amide bonds. The highest BCUT2D eigenvalue weighted by Crippen LogP contribution is 2.26. The Morgan fingerprint density at radius 2 is 1.85 bits per heavy atom. The Morgan fingerprint density at radius 1 is 1.04 bits per heavy atom. The number of rotatable bonds is 4. The monoisotopic (exact) mass is 360 g/mol. The van der Waals surface area contributed by atoms with Gasteiger partial charge < -0.3 is 19.3 Å². The van der Waals surface area contributed by atoms with Crippen LogP contribution < -0.4 is 9.47 Å². The second kappa shape index (κ2) is 7.70. The van der Waals surface area contributed by atoms with Gasteiger partial charge in [-0.2, -0.15) is 0 Å². The molecule has 1 aromatic rings. The maximum Gasteiger partial charge on any atom is 0.320 e. The summed E-state index contributed by atoms with van der Waals surface area (Å²) in [6.45, 7) is 5.13. The van der Waals surface area contributed by atoms with Gasteiger partial charge in [-0.05, 0) is 19.3 Å². The first-order valence-electron chi connectivity index (χ1n) is 9.66. The third-order valence-corrected chi connectivity index (χ3v) is 5.74. The number of pyridine rings is 1. The predicted molar refractivity (Wildman–Crippen MR) is 97.6 cm³/mol. The van der Waals surface area contributed by atoms with Crippen LogP contribution in [0.2, 0.25) is 0 Å². The minimum absolute atomic E-state index is 0.0336. The molecule has 7 heteroatoms. The first kappa shape index (κ1) is 17.4. The highest BCUT2D eigenvalue weighted by molar-refractivity contribution is 5.75. The number of amides is 2. The van der Waals surface area contributed by atoms with Gasteiger partial charge in [0.25, 0.3) is 0 Å². The largest absolute Gasteiger partial charge is 0.495 e. The lowest BCUT2D eigenvalue weighted by Gasteiger charge is -2.41. The highest BCUT2D eigenvalue weighted by Gasteiger charge is 2.36. The van der Waals surface area contributed by atoms with Crippen molar-refractivity contribution in [3.63, 3.8) is 0 Å². The van der Waals surface area contributed by atoms with Crippen LogP contribution in [0.3, 0.4) is 0 Å². The molecule has 7 nitrogen and oxygen atoms in total. The molecule has 3 heterocycles. The molecule has 0 N–H and O–H groups in total. The van der Waals surface area contributed by atoms with E-state index in [4.69, 9.17) is 9.47 Å². The van der Waals surface area contributed by atoms with Crippen molar-refractivity contribution < 1.29 is 14.3 Å². The zero-order valence-electron chi connectivity index (χ0n) is 15.5. The topological polar surface area (TPSA) is 58.1 Å². The van der Waals surface area contributed by atoms with Crippen molar-refractivity contribution in [2.75, 3.05) is 46.4 Å². The fraction of sp³-hybridized carbons (Fsp3) is 0.684. The van der Waals surface area contributed by atoms with E-state index < -0.39 is 0 Å². The fourth-order valence-corrected chi connectivity index (χ4v) is 3.88. The summed E-state index contributed by atoms with van der Waals surface area (Å²) in [7, 11) is 1.61. The smallest absolute Gasteiger partial charge is 0.320 e. The third kappa shape index (κ3) is 3.72. The van der Waals surface area contributed by atoms with E-state index in [0.29, 0.717) is 24.6 Å². The molecule has 0 spiro atoms. The summed E-state index contributed by atoms with van der Waals surface area (Å²) < 4.78 is 11.1. The van der Waals surface area contributed by atoms with Crippen molar-refractivity contribution in [2.24, 2.45) is 0 Å². The summed E-state index contributed by atoms with van der Waals surface area (Å²) in [5.74, 6) is 1.36. The minimum atomic E-state index is 0.0336. The highest BCUT2D eigenvalue weighted by atomic mass is 16.5. The number of hydrogen-bond acceptors (Lipinski definition) is 5. The van der Waals surface area contributed by atoms with Crippen LogP contribution in [0.15, 0.2) is 18.5 Å². The quantitative estimate of drug-likeness (QED) is 0.820. The van der Waals surface area contributed by atoms with E-state index in [2.05, 4.69) is 9.88 Å². The van der Waals surface area contributed by atoms with Gasteiger partial charge in [0.2, 0.25) is 0 Å². The number of likely N-dealkylation sites (tertiary alicyclic amines) is 1. The van der Waals surface area contributed by atoms with E-state index in [1.54, 1.807) is 19.5 Å². The molecule has 1 aliphatic carbocycles. The second-order valence-electron chi connectivity index (χ2n) is 7.45. The molecule has 1 saturated carbocycles. The van der Waals surface area contributed by atoms with Gasteiger partial charge in [-0.3, -0.25) is 9.88 Å². The normalized spacial score (nSPS) is 22.3. The molecule has 0 radical (unpaired) electrons. The Morgan fingerprint density at radius 3 is 2.58 bits per heavy atom. The van der Waals surface area contributed by atoms with E-state index in [9.17, 15) is 4.79 Å². The molecule has 0 unspecified atom stereocenters. The van der Waals surface area contributed by atoms with E-state index in [-0.39, 0.29) is 12.1 Å². The first-order chi connectivity index (χ1) is 12.7. The molecule has 2 saturated heterocycles. The number of aromatic nitrogens is 1. The molecule has 3 fully saturated rings. The summed E-state index contributed by atoms with van der Waals surface area (Å²) in [6, 6.07) is 2.74. The Kier molecular flexibility index (Phi) is 5.15. The van der Waals surface area contributed by atoms with Gasteiger partial charge in [-0.15, -0.1) is 0 Å². The number of carbonyl (C=O) groups is 1. The zero-order chi connectivity index (χ0) is 17.9. The first-order valence-corrected chi connectivity index (χ1v) is 9.66. The van der Waals surface area contributed by atoms with Crippen LogP contribution in [0.25, 0.3) is 0 Å². The number of carbonyl (C=O) groups excluding carboxylic acids is 1. The molecule has 0 atom stereocenters. The average molecular weight is 360 g/mol. The van der Waals surface area contributed by atoms with Crippen molar-refractivity contribution in [3.05, 3.63) is 18.5 Å². The molecule has 142 valence electrons. The zero-order valence-corrected chi connectivity index (χ0v) is 15.5. The molecule has 2 aliphatic heterocycles. The fourth-order valence-electron chi connectivity index (χ4n) is 3.88. The maximum absolute atomic E-state index is 12.7. The van der Waals surface area contributed by atoms with Crippen LogP contribution in [-0.2, 0) is 0 Å². The third-order valence-electron chi connectivity index (χ3n) is 5.74. The SMILES string of the molecule is COc1cncc(OC2CN(C(=O)N3CCCN(C4CCC4)CC3)C2)c1. The van der Waals surface area contributed by atoms with Crippen LogP contribution in [0, 0.1) is 0 Å². The second-order valence-corrected chi connectivity index (χ2v) is 7.45. The van der Waals surface area contributed by atoms with Crippen molar-refractivity contribution in [1.29, 1.82) is 0 Å². The average Bonchev–Trinajstić information content (AvgIpc) is 2.82. The number of hydrogen-bond donors (Lipinski definition) is 0. The lowest BCUT2D eigenvalue weighted by Crippen LogP contribution is -2.60. The van der Waals surface area contributed by atoms with E-state index in [1.807, 2.05) is 15.9 Å². The van der Waals surface area contributed by atoms with Gasteiger partial charge >= 0.3 is 6.03 Å². The van der Waals surface area contributed by atoms with Crippen molar-refractivity contribution >= 4 is 6.03 Å². The molecule has 0 aromatic carbocycles. The van der Waals surface area contributed by atoms with Gasteiger partial charge in [0.05, 0.1) is 32.6 Å². The molecule has 1 aromatic heterocycles. The molecule has 0 bridgehead atoms. The summed E-state index contributed by atoms with van der Waals surface area (Å²) in [5.41, 5.74) is 0. The number of ether oxygens (including phenoxy) is 2. The van der Waals surface area contributed by atoms with Crippen LogP contribution in [-0.4, -0.2) is 84.2 Å². The Hall–Kier alpha value is -2.02. The van der Waals surface area contributed by atoms with E-state index in [1.165, 1.54) is 19.3 Å². The van der Waals surface area contributed by atoms with Crippen molar-refractivity contribution in [2.45, 2.75) is 37.8 Å². The molecular weight excluding hydrogens is 332 g/mol. The minimum Gasteiger partial charge on any atom is -0.495 e. The van der Waals surface area contributed by atoms with E-state index in [0.717, 1.165) is 38.6 Å². The predicted octanol–water partition coefficient (Wildman–Crippen LogP) is 1.83. The Balaban J connectivity index is 1.23. The molecule has 3 aliphatic rings. The van der Waals surface area contributed by atoms with Crippen molar-refractivity contribution in [3.8, 4) is 11.5 Å². The summed E-state index contributed by atoms with van der Waals surface area (Å²) in [4.78, 5) is 23.3. The van der Waals surface area contributed by atoms with Gasteiger partial charge in [0.1, 0.15) is 17.6 Å². The van der Waals surface area contributed by atoms with Gasteiger partial charge in [0.15, 0.2) is 0 Å². The molecular formula is C19H28N4O3. The standard InChI is InChI=1S/C19H28N4O3/c1-25-16-10-17(12-20-11-16)26-18-13-23(14-18)19(24)22-7-3-6-21(8-9-22)15-4-2-5-15/h10-12,15,18H,2-9,13-14H2,1H3. The number of methoxy groups -OCH3 is 1. The summed E-state index contributed by atoms with van der Waals surface area (Å²) in [5, 5.41) is 0. The Bertz CT molecular complexity index is 631. The van der Waals surface area contributed by atoms with Gasteiger partial charge in [-0.1, -0.05) is 6.42 Å². The van der Waals surface area contributed by atoms with E-state index >= 15 is 0 Å². The number of urea groups is 1. The number of nitrogens with zero attached hydrogens (tertiary/aromatic N) is 4. The molecule has 4 rings (SSSR count). The maximum atomic E-state index is 12.7. The Labute approximate surface area is 154 Å². The summed E-state index contributed by atoms with van der Waals surface area (Å²) in [6.07, 6.45) is 8.46. The van der Waals surface area contributed by atoms with Crippen LogP contribution in [0.4, 0.5) is 4.79 Å². The summed E-state index contributed by atoms with van der Waals surface area (Å²) >= 11 is 0. The lowest BCUT2D eigenvalue weighted by molar-refractivity contribution is 0.0305. The molecule has 26 heavy (non-hydrogen) atoms. The van der Waals surface area contributed by atoms with Crippen molar-refractivity contribution in [1.82, 2.24) is 19.7 Å².